The van der Waals surface area contributed by atoms with Gasteiger partial charge in [-0.2, -0.15) is 0 Å². The van der Waals surface area contributed by atoms with E-state index in [-0.39, 0.29) is 18.0 Å². The Hall–Kier alpha value is -1.00. The van der Waals surface area contributed by atoms with E-state index >= 15 is 0 Å². The molecule has 4 heteroatoms. The normalized spacial score (nSPS) is 15.5. The quantitative estimate of drug-likeness (QED) is 0.784. The number of rotatable bonds is 6. The van der Waals surface area contributed by atoms with E-state index in [9.17, 15) is 4.79 Å². The average molecular weight is 278 g/mol. The Morgan fingerprint density at radius 2 is 2.11 bits per heavy atom. The molecule has 1 atom stereocenters. The van der Waals surface area contributed by atoms with Gasteiger partial charge >= 0.3 is 0 Å². The minimum Gasteiger partial charge on any atom is -0.368 e. The van der Waals surface area contributed by atoms with Crippen LogP contribution in [0.2, 0.25) is 0 Å². The lowest BCUT2D eigenvalue weighted by molar-refractivity contribution is -0.119. The molecule has 104 valence electrons. The Morgan fingerprint density at radius 1 is 1.37 bits per heavy atom. The number of hydrogen-bond donors (Lipinski definition) is 2. The topological polar surface area (TPSA) is 55.1 Å². The van der Waals surface area contributed by atoms with Crippen LogP contribution in [0.15, 0.2) is 23.1 Å². The van der Waals surface area contributed by atoms with E-state index in [0.717, 1.165) is 0 Å². The summed E-state index contributed by atoms with van der Waals surface area (Å²) < 4.78 is 0. The lowest BCUT2D eigenvalue weighted by atomic mass is 10.1. The summed E-state index contributed by atoms with van der Waals surface area (Å²) >= 11 is 1.70. The zero-order chi connectivity index (χ0) is 13.8. The van der Waals surface area contributed by atoms with Crippen molar-refractivity contribution in [1.29, 1.82) is 0 Å². The van der Waals surface area contributed by atoms with Crippen molar-refractivity contribution in [3.05, 3.63) is 29.3 Å². The lowest BCUT2D eigenvalue weighted by Gasteiger charge is -2.17. The van der Waals surface area contributed by atoms with E-state index in [4.69, 9.17) is 5.73 Å². The van der Waals surface area contributed by atoms with Gasteiger partial charge in [-0.05, 0) is 42.5 Å². The number of amides is 1. The summed E-state index contributed by atoms with van der Waals surface area (Å²) in [4.78, 5) is 12.6. The van der Waals surface area contributed by atoms with Crippen molar-refractivity contribution in [2.24, 2.45) is 5.73 Å². The van der Waals surface area contributed by atoms with Gasteiger partial charge in [-0.15, -0.1) is 11.8 Å². The highest BCUT2D eigenvalue weighted by Crippen LogP contribution is 2.27. The highest BCUT2D eigenvalue weighted by Gasteiger charge is 2.17. The van der Waals surface area contributed by atoms with Crippen molar-refractivity contribution in [2.75, 3.05) is 5.75 Å². The fourth-order valence-electron chi connectivity index (χ4n) is 2.43. The van der Waals surface area contributed by atoms with Crippen molar-refractivity contribution in [1.82, 2.24) is 5.32 Å². The SMILES string of the molecule is CC(C)NC(CSc1ccc2c(c1)CCC2)C(N)=O. The van der Waals surface area contributed by atoms with Gasteiger partial charge in [0.15, 0.2) is 0 Å². The molecule has 1 aromatic carbocycles. The van der Waals surface area contributed by atoms with Crippen LogP contribution in [-0.4, -0.2) is 23.7 Å². The first kappa shape index (κ1) is 14.4. The number of primary amides is 1. The summed E-state index contributed by atoms with van der Waals surface area (Å²) in [7, 11) is 0. The Labute approximate surface area is 119 Å². The molecule has 0 heterocycles. The largest absolute Gasteiger partial charge is 0.368 e. The number of hydrogen-bond acceptors (Lipinski definition) is 3. The Morgan fingerprint density at radius 3 is 2.79 bits per heavy atom. The van der Waals surface area contributed by atoms with Crippen molar-refractivity contribution >= 4 is 17.7 Å². The molecule has 0 bridgehead atoms. The molecule has 0 fully saturated rings. The first-order chi connectivity index (χ1) is 9.06. The monoisotopic (exact) mass is 278 g/mol. The molecular weight excluding hydrogens is 256 g/mol. The summed E-state index contributed by atoms with van der Waals surface area (Å²) in [5.41, 5.74) is 8.38. The fraction of sp³-hybridized carbons (Fsp3) is 0.533. The molecule has 1 aliphatic rings. The zero-order valence-electron chi connectivity index (χ0n) is 11.6. The van der Waals surface area contributed by atoms with Gasteiger partial charge in [0, 0.05) is 16.7 Å². The number of carbonyl (C=O) groups is 1. The molecule has 1 aromatic rings. The van der Waals surface area contributed by atoms with Crippen LogP contribution >= 0.6 is 11.8 Å². The predicted molar refractivity (Wildman–Crippen MR) is 80.4 cm³/mol. The van der Waals surface area contributed by atoms with Gasteiger partial charge in [0.1, 0.15) is 0 Å². The maximum atomic E-state index is 11.4. The van der Waals surface area contributed by atoms with E-state index in [1.165, 1.54) is 35.3 Å². The fourth-order valence-corrected chi connectivity index (χ4v) is 3.44. The number of carbonyl (C=O) groups excluding carboxylic acids is 1. The third-order valence-corrected chi connectivity index (χ3v) is 4.45. The van der Waals surface area contributed by atoms with Crippen molar-refractivity contribution in [2.45, 2.75) is 50.1 Å². The van der Waals surface area contributed by atoms with E-state index in [0.29, 0.717) is 5.75 Å². The molecule has 0 saturated carbocycles. The van der Waals surface area contributed by atoms with Gasteiger partial charge < -0.3 is 11.1 Å². The minimum atomic E-state index is -0.276. The van der Waals surface area contributed by atoms with Gasteiger partial charge in [0.2, 0.25) is 5.91 Å². The molecule has 0 saturated heterocycles. The maximum absolute atomic E-state index is 11.4. The summed E-state index contributed by atoms with van der Waals surface area (Å²) in [6.45, 7) is 4.05. The van der Waals surface area contributed by atoms with E-state index in [2.05, 4.69) is 23.5 Å². The summed E-state index contributed by atoms with van der Waals surface area (Å²) in [5, 5.41) is 3.21. The molecule has 0 radical (unpaired) electrons. The first-order valence-corrected chi connectivity index (χ1v) is 7.85. The van der Waals surface area contributed by atoms with Crippen molar-refractivity contribution in [3.8, 4) is 0 Å². The number of nitrogens with one attached hydrogen (secondary N) is 1. The molecule has 2 rings (SSSR count). The van der Waals surface area contributed by atoms with Crippen molar-refractivity contribution < 1.29 is 4.79 Å². The molecular formula is C15H22N2OS. The number of nitrogens with two attached hydrogens (primary N) is 1. The highest BCUT2D eigenvalue weighted by molar-refractivity contribution is 7.99. The zero-order valence-corrected chi connectivity index (χ0v) is 12.4. The molecule has 1 aliphatic carbocycles. The van der Waals surface area contributed by atoms with Crippen LogP contribution in [0.3, 0.4) is 0 Å². The third-order valence-electron chi connectivity index (χ3n) is 3.36. The van der Waals surface area contributed by atoms with Crippen LogP contribution in [0.4, 0.5) is 0 Å². The maximum Gasteiger partial charge on any atom is 0.235 e. The summed E-state index contributed by atoms with van der Waals surface area (Å²) in [6.07, 6.45) is 3.66. The van der Waals surface area contributed by atoms with Crippen LogP contribution in [0.1, 0.15) is 31.4 Å². The van der Waals surface area contributed by atoms with Gasteiger partial charge in [0.25, 0.3) is 0 Å². The smallest absolute Gasteiger partial charge is 0.235 e. The molecule has 3 nitrogen and oxygen atoms in total. The second-order valence-corrected chi connectivity index (χ2v) is 6.46. The van der Waals surface area contributed by atoms with Crippen molar-refractivity contribution in [3.63, 3.8) is 0 Å². The summed E-state index contributed by atoms with van der Waals surface area (Å²) in [5.74, 6) is 0.411. The number of fused-ring (bicyclic) bond motifs is 1. The standard InChI is InChI=1S/C15H22N2OS/c1-10(2)17-14(15(16)18)9-19-13-7-6-11-4-3-5-12(11)8-13/h6-8,10,14,17H,3-5,9H2,1-2H3,(H2,16,18). The molecule has 3 N–H and O–H groups in total. The molecule has 0 aliphatic heterocycles. The minimum absolute atomic E-state index is 0.262. The lowest BCUT2D eigenvalue weighted by Crippen LogP contribution is -2.46. The number of aryl methyl sites for hydroxylation is 2. The third kappa shape index (κ3) is 3.98. The van der Waals surface area contributed by atoms with E-state index in [1.54, 1.807) is 11.8 Å². The predicted octanol–water partition coefficient (Wildman–Crippen LogP) is 2.12. The molecule has 0 aromatic heterocycles. The van der Waals surface area contributed by atoms with Gasteiger partial charge in [-0.25, -0.2) is 0 Å². The van der Waals surface area contributed by atoms with Crippen LogP contribution in [0.25, 0.3) is 0 Å². The van der Waals surface area contributed by atoms with Crippen LogP contribution < -0.4 is 11.1 Å². The number of benzene rings is 1. The average Bonchev–Trinajstić information content (AvgIpc) is 2.80. The molecule has 0 spiro atoms. The Balaban J connectivity index is 1.95. The Kier molecular flexibility index (Phi) is 4.88. The van der Waals surface area contributed by atoms with Crippen LogP contribution in [-0.2, 0) is 17.6 Å². The van der Waals surface area contributed by atoms with Crippen LogP contribution in [0, 0.1) is 0 Å². The van der Waals surface area contributed by atoms with E-state index in [1.807, 2.05) is 13.8 Å². The molecule has 19 heavy (non-hydrogen) atoms. The first-order valence-electron chi connectivity index (χ1n) is 6.86. The second kappa shape index (κ2) is 6.44. The Bertz CT molecular complexity index is 459. The van der Waals surface area contributed by atoms with Gasteiger partial charge in [-0.1, -0.05) is 19.9 Å². The van der Waals surface area contributed by atoms with Crippen LogP contribution in [0.5, 0.6) is 0 Å². The number of thioether (sulfide) groups is 1. The molecule has 1 unspecified atom stereocenters. The van der Waals surface area contributed by atoms with Gasteiger partial charge in [0.05, 0.1) is 6.04 Å². The summed E-state index contributed by atoms with van der Waals surface area (Å²) in [6, 6.07) is 6.64. The van der Waals surface area contributed by atoms with E-state index < -0.39 is 0 Å². The highest BCUT2D eigenvalue weighted by atomic mass is 32.2. The second-order valence-electron chi connectivity index (χ2n) is 5.37. The van der Waals surface area contributed by atoms with Gasteiger partial charge in [-0.3, -0.25) is 4.79 Å². The molecule has 1 amide bonds.